The van der Waals surface area contributed by atoms with Gasteiger partial charge in [-0.25, -0.2) is 0 Å². The third-order valence-electron chi connectivity index (χ3n) is 2.98. The van der Waals surface area contributed by atoms with Crippen LogP contribution < -0.4 is 10.6 Å². The van der Waals surface area contributed by atoms with Gasteiger partial charge in [-0.1, -0.05) is 67.6 Å². The Bertz CT molecular complexity index is 412. The summed E-state index contributed by atoms with van der Waals surface area (Å²) in [5, 5.41) is 2.97. The molecular weight excluding hydrogens is 255 g/mol. The van der Waals surface area contributed by atoms with Crippen molar-refractivity contribution in [3.05, 3.63) is 60.7 Å². The van der Waals surface area contributed by atoms with Crippen molar-refractivity contribution < 1.29 is 0 Å². The number of rotatable bonds is 5. The molecule has 0 nitrogen and oxygen atoms in total. The van der Waals surface area contributed by atoms with Gasteiger partial charge in [-0.3, -0.25) is 0 Å². The van der Waals surface area contributed by atoms with Gasteiger partial charge in [0.15, 0.2) is 0 Å². The number of hydrogen-bond acceptors (Lipinski definition) is 1. The highest BCUT2D eigenvalue weighted by Gasteiger charge is 2.21. The maximum Gasteiger partial charge on any atom is 0.0323 e. The Morgan fingerprint density at radius 2 is 1.33 bits per heavy atom. The van der Waals surface area contributed by atoms with Gasteiger partial charge in [0.1, 0.15) is 0 Å². The summed E-state index contributed by atoms with van der Waals surface area (Å²) >= 11 is 2.00. The first-order valence-corrected chi connectivity index (χ1v) is 8.98. The fourth-order valence-corrected chi connectivity index (χ4v) is 6.34. The second-order valence-electron chi connectivity index (χ2n) is 4.14. The smallest absolute Gasteiger partial charge is 0.0323 e. The monoisotopic (exact) mass is 274 g/mol. The van der Waals surface area contributed by atoms with Crippen molar-refractivity contribution in [1.29, 1.82) is 0 Å². The highest BCUT2D eigenvalue weighted by molar-refractivity contribution is 8.07. The van der Waals surface area contributed by atoms with Crippen LogP contribution in [0.15, 0.2) is 60.7 Å². The van der Waals surface area contributed by atoms with Crippen LogP contribution in [0.4, 0.5) is 0 Å². The normalized spacial score (nSPS) is 12.6. The van der Waals surface area contributed by atoms with Crippen molar-refractivity contribution in [3.63, 3.8) is 0 Å². The topological polar surface area (TPSA) is 0 Å². The van der Waals surface area contributed by atoms with E-state index in [0.29, 0.717) is 4.99 Å². The van der Waals surface area contributed by atoms with E-state index in [9.17, 15) is 0 Å². The summed E-state index contributed by atoms with van der Waals surface area (Å²) < 4.78 is 0. The van der Waals surface area contributed by atoms with Crippen LogP contribution in [-0.2, 0) is 0 Å². The van der Waals surface area contributed by atoms with Crippen molar-refractivity contribution in [2.24, 2.45) is 0 Å². The number of hydrogen-bond donors (Lipinski definition) is 0. The Balaban J connectivity index is 2.41. The van der Waals surface area contributed by atoms with Crippen molar-refractivity contribution >= 4 is 30.3 Å². The summed E-state index contributed by atoms with van der Waals surface area (Å²) in [5.74, 6) is 0. The molecule has 0 N–H and O–H groups in total. The Morgan fingerprint density at radius 1 is 0.889 bits per heavy atom. The lowest BCUT2D eigenvalue weighted by molar-refractivity contribution is 1.05. The van der Waals surface area contributed by atoms with E-state index in [-0.39, 0.29) is 7.92 Å². The van der Waals surface area contributed by atoms with Crippen LogP contribution in [0.5, 0.6) is 0 Å². The second kappa shape index (κ2) is 6.97. The second-order valence-corrected chi connectivity index (χ2v) is 7.93. The van der Waals surface area contributed by atoms with Gasteiger partial charge in [0.25, 0.3) is 0 Å². The van der Waals surface area contributed by atoms with Crippen LogP contribution >= 0.6 is 19.7 Å². The van der Waals surface area contributed by atoms with Crippen LogP contribution in [0, 0.1) is 0 Å². The summed E-state index contributed by atoms with van der Waals surface area (Å²) in [6.45, 7) is 2.29. The third kappa shape index (κ3) is 3.16. The van der Waals surface area contributed by atoms with Gasteiger partial charge in [0, 0.05) is 4.99 Å². The van der Waals surface area contributed by atoms with Crippen LogP contribution in [0.25, 0.3) is 0 Å². The van der Waals surface area contributed by atoms with E-state index >= 15 is 0 Å². The molecule has 0 bridgehead atoms. The van der Waals surface area contributed by atoms with E-state index < -0.39 is 0 Å². The lowest BCUT2D eigenvalue weighted by Crippen LogP contribution is -2.18. The first-order valence-electron chi connectivity index (χ1n) is 6.29. The van der Waals surface area contributed by atoms with Crippen LogP contribution in [0.1, 0.15) is 13.3 Å². The molecule has 2 rings (SSSR count). The first kappa shape index (κ1) is 13.6. The molecule has 0 heterocycles. The quantitative estimate of drug-likeness (QED) is 0.736. The zero-order valence-corrected chi connectivity index (χ0v) is 12.6. The molecule has 0 aliphatic carbocycles. The molecule has 0 aliphatic heterocycles. The fourth-order valence-electron chi connectivity index (χ4n) is 2.11. The van der Waals surface area contributed by atoms with Gasteiger partial charge < -0.3 is 0 Å². The minimum atomic E-state index is -0.252. The number of benzene rings is 2. The SMILES string of the molecule is CCC(SC)P(c1ccccc1)c1ccccc1. The maximum atomic E-state index is 2.29. The van der Waals surface area contributed by atoms with E-state index in [0.717, 1.165) is 0 Å². The molecule has 0 amide bonds. The lowest BCUT2D eigenvalue weighted by atomic mass is 10.4. The predicted molar refractivity (Wildman–Crippen MR) is 86.7 cm³/mol. The number of thioether (sulfide) groups is 1. The van der Waals surface area contributed by atoms with Crippen molar-refractivity contribution in [2.75, 3.05) is 6.26 Å². The zero-order valence-electron chi connectivity index (χ0n) is 10.9. The van der Waals surface area contributed by atoms with Gasteiger partial charge in [-0.2, -0.15) is 11.8 Å². The van der Waals surface area contributed by atoms with E-state index in [1.165, 1.54) is 17.0 Å². The maximum absolute atomic E-state index is 2.29. The summed E-state index contributed by atoms with van der Waals surface area (Å²) in [6, 6.07) is 21.9. The molecule has 0 aliphatic rings. The van der Waals surface area contributed by atoms with Crippen molar-refractivity contribution in [3.8, 4) is 0 Å². The molecule has 1 atom stereocenters. The predicted octanol–water partition coefficient (Wildman–Crippen LogP) is 4.22. The summed E-state index contributed by atoms with van der Waals surface area (Å²) in [7, 11) is -0.252. The molecule has 94 valence electrons. The van der Waals surface area contributed by atoms with E-state index in [1.54, 1.807) is 0 Å². The Labute approximate surface area is 116 Å². The molecule has 0 saturated carbocycles. The van der Waals surface area contributed by atoms with Gasteiger partial charge in [-0.15, -0.1) is 0 Å². The van der Waals surface area contributed by atoms with E-state index in [1.807, 2.05) is 11.8 Å². The molecule has 0 spiro atoms. The molecule has 2 aromatic rings. The first-order chi connectivity index (χ1) is 8.86. The van der Waals surface area contributed by atoms with Gasteiger partial charge in [0.05, 0.1) is 0 Å². The lowest BCUT2D eigenvalue weighted by Gasteiger charge is -2.26. The van der Waals surface area contributed by atoms with Crippen molar-refractivity contribution in [2.45, 2.75) is 18.3 Å². The highest BCUT2D eigenvalue weighted by atomic mass is 32.2. The van der Waals surface area contributed by atoms with Crippen LogP contribution in [-0.4, -0.2) is 11.2 Å². The largest absolute Gasteiger partial charge is 0.157 e. The van der Waals surface area contributed by atoms with Crippen LogP contribution in [0.3, 0.4) is 0 Å². The Hall–Kier alpha value is -0.780. The Kier molecular flexibility index (Phi) is 5.28. The standard InChI is InChI=1S/C16H19PS/c1-3-16(18-2)17(14-10-6-4-7-11-14)15-12-8-5-9-13-15/h4-13,16H,3H2,1-2H3. The average Bonchev–Trinajstić information content (AvgIpc) is 2.46. The molecule has 0 fully saturated rings. The average molecular weight is 274 g/mol. The molecule has 18 heavy (non-hydrogen) atoms. The molecule has 0 aromatic heterocycles. The van der Waals surface area contributed by atoms with Crippen molar-refractivity contribution in [1.82, 2.24) is 0 Å². The molecular formula is C16H19PS. The van der Waals surface area contributed by atoms with Gasteiger partial charge in [0.2, 0.25) is 0 Å². The molecule has 0 radical (unpaired) electrons. The van der Waals surface area contributed by atoms with E-state index in [2.05, 4.69) is 73.8 Å². The fraction of sp³-hybridized carbons (Fsp3) is 0.250. The zero-order chi connectivity index (χ0) is 12.8. The summed E-state index contributed by atoms with van der Waals surface area (Å²) in [5.41, 5.74) is 0. The third-order valence-corrected chi connectivity index (χ3v) is 7.77. The minimum Gasteiger partial charge on any atom is -0.157 e. The van der Waals surface area contributed by atoms with Gasteiger partial charge in [-0.05, 0) is 31.2 Å². The molecule has 1 unspecified atom stereocenters. The van der Waals surface area contributed by atoms with Gasteiger partial charge >= 0.3 is 0 Å². The van der Waals surface area contributed by atoms with Crippen LogP contribution in [0.2, 0.25) is 0 Å². The minimum absolute atomic E-state index is 0.252. The summed E-state index contributed by atoms with van der Waals surface area (Å²) in [4.78, 5) is 0.699. The molecule has 2 aromatic carbocycles. The highest BCUT2D eigenvalue weighted by Crippen LogP contribution is 2.45. The molecule has 0 saturated heterocycles. The summed E-state index contributed by atoms with van der Waals surface area (Å²) in [6.07, 6.45) is 3.45. The Morgan fingerprint density at radius 3 is 1.67 bits per heavy atom. The molecule has 2 heteroatoms. The van der Waals surface area contributed by atoms with E-state index in [4.69, 9.17) is 0 Å².